The summed E-state index contributed by atoms with van der Waals surface area (Å²) >= 11 is 1.38. The van der Waals surface area contributed by atoms with Gasteiger partial charge in [0.1, 0.15) is 0 Å². The topological polar surface area (TPSA) is 92.3 Å². The van der Waals surface area contributed by atoms with Gasteiger partial charge in [-0.2, -0.15) is 4.31 Å². The normalized spacial score (nSPS) is 11.3. The van der Waals surface area contributed by atoms with Gasteiger partial charge in [0.15, 0.2) is 16.6 Å². The largest absolute Gasteiger partial charge is 0.493 e. The first-order chi connectivity index (χ1) is 18.7. The van der Waals surface area contributed by atoms with Crippen molar-refractivity contribution in [3.05, 3.63) is 67.3 Å². The first kappa shape index (κ1) is 33.2. The number of anilines is 1. The summed E-state index contributed by atoms with van der Waals surface area (Å²) in [5.41, 5.74) is 1.06. The summed E-state index contributed by atoms with van der Waals surface area (Å²) in [5.74, 6) is 0.875. The number of benzene rings is 2. The number of fused-ring (bicyclic) bond motifs is 1. The van der Waals surface area contributed by atoms with Crippen molar-refractivity contribution >= 4 is 55.0 Å². The third-order valence-corrected chi connectivity index (χ3v) is 9.18. The molecule has 0 atom stereocenters. The van der Waals surface area contributed by atoms with Gasteiger partial charge in [-0.1, -0.05) is 37.3 Å². The number of sulfonamides is 1. The van der Waals surface area contributed by atoms with Crippen molar-refractivity contribution in [3.63, 3.8) is 0 Å². The van der Waals surface area contributed by atoms with Gasteiger partial charge in [0.05, 0.1) is 29.3 Å². The highest BCUT2D eigenvalue weighted by molar-refractivity contribution is 7.89. The van der Waals surface area contributed by atoms with E-state index >= 15 is 0 Å². The van der Waals surface area contributed by atoms with Gasteiger partial charge < -0.3 is 14.4 Å². The summed E-state index contributed by atoms with van der Waals surface area (Å²) in [6.07, 6.45) is 3.05. The van der Waals surface area contributed by atoms with Crippen LogP contribution < -0.4 is 14.4 Å². The molecular formula is C28H37ClN4O5S2. The number of amides is 1. The molecule has 1 amide bonds. The minimum Gasteiger partial charge on any atom is -0.493 e. The summed E-state index contributed by atoms with van der Waals surface area (Å²) in [7, 11) is -0.637. The summed E-state index contributed by atoms with van der Waals surface area (Å²) in [5, 5.41) is 0.539. The summed E-state index contributed by atoms with van der Waals surface area (Å²) < 4.78 is 39.2. The van der Waals surface area contributed by atoms with E-state index < -0.39 is 10.0 Å². The number of halogens is 1. The lowest BCUT2D eigenvalue weighted by atomic mass is 10.2. The van der Waals surface area contributed by atoms with Crippen molar-refractivity contribution in [1.29, 1.82) is 0 Å². The monoisotopic (exact) mass is 608 g/mol. The molecule has 0 aliphatic heterocycles. The lowest BCUT2D eigenvalue weighted by molar-refractivity contribution is 0.0983. The molecule has 0 radical (unpaired) electrons. The van der Waals surface area contributed by atoms with E-state index in [1.165, 1.54) is 39.9 Å². The molecule has 0 saturated carbocycles. The van der Waals surface area contributed by atoms with Crippen molar-refractivity contribution in [1.82, 2.24) is 14.2 Å². The van der Waals surface area contributed by atoms with Gasteiger partial charge in [-0.25, -0.2) is 13.4 Å². The number of aromatic nitrogens is 1. The predicted molar refractivity (Wildman–Crippen MR) is 165 cm³/mol. The zero-order chi connectivity index (χ0) is 28.6. The highest BCUT2D eigenvalue weighted by Crippen LogP contribution is 2.37. The zero-order valence-electron chi connectivity index (χ0n) is 23.3. The van der Waals surface area contributed by atoms with E-state index in [1.54, 1.807) is 37.3 Å². The van der Waals surface area contributed by atoms with Crippen LogP contribution in [0.5, 0.6) is 11.5 Å². The van der Waals surface area contributed by atoms with Gasteiger partial charge in [0.25, 0.3) is 5.91 Å². The third kappa shape index (κ3) is 7.41. The average Bonchev–Trinajstić information content (AvgIpc) is 3.36. The van der Waals surface area contributed by atoms with Crippen LogP contribution in [0.25, 0.3) is 10.2 Å². The molecule has 1 heterocycles. The number of nitrogens with zero attached hydrogens (tertiary/aromatic N) is 4. The predicted octanol–water partition coefficient (Wildman–Crippen LogP) is 5.09. The average molecular weight is 609 g/mol. The van der Waals surface area contributed by atoms with Gasteiger partial charge in [0.2, 0.25) is 10.0 Å². The summed E-state index contributed by atoms with van der Waals surface area (Å²) in [6, 6.07) is 9.63. The second kappa shape index (κ2) is 15.2. The molecule has 3 rings (SSSR count). The number of hydrogen-bond donors (Lipinski definition) is 0. The fourth-order valence-electron chi connectivity index (χ4n) is 4.06. The van der Waals surface area contributed by atoms with Crippen molar-refractivity contribution < 1.29 is 22.7 Å². The Labute approximate surface area is 247 Å². The molecule has 0 bridgehead atoms. The van der Waals surface area contributed by atoms with Gasteiger partial charge in [-0.05, 0) is 37.4 Å². The SMILES string of the molecule is C=CCN(CC=C)S(=O)(=O)c1ccc(C(=O)N(CCN(CC)CC)c2nc3cc(OC)c(OC)cc3s2)cc1.Cl. The summed E-state index contributed by atoms with van der Waals surface area (Å²) in [4.78, 5) is 22.5. The first-order valence-corrected chi connectivity index (χ1v) is 14.9. The molecule has 12 heteroatoms. The second-order valence-electron chi connectivity index (χ2n) is 8.58. The number of methoxy groups -OCH3 is 2. The number of ether oxygens (including phenoxy) is 2. The van der Waals surface area contributed by atoms with Crippen LogP contribution in [0.2, 0.25) is 0 Å². The van der Waals surface area contributed by atoms with E-state index in [9.17, 15) is 13.2 Å². The van der Waals surface area contributed by atoms with E-state index in [0.717, 1.165) is 17.8 Å². The van der Waals surface area contributed by atoms with Crippen molar-refractivity contribution in [2.75, 3.05) is 58.4 Å². The Hall–Kier alpha value is -2.96. The van der Waals surface area contributed by atoms with E-state index in [-0.39, 0.29) is 36.3 Å². The van der Waals surface area contributed by atoms with Crippen molar-refractivity contribution in [2.45, 2.75) is 18.7 Å². The molecule has 2 aromatic carbocycles. The molecule has 0 N–H and O–H groups in total. The highest BCUT2D eigenvalue weighted by Gasteiger charge is 2.25. The lowest BCUT2D eigenvalue weighted by Gasteiger charge is -2.25. The fraction of sp³-hybridized carbons (Fsp3) is 0.357. The maximum Gasteiger partial charge on any atom is 0.260 e. The van der Waals surface area contributed by atoms with Gasteiger partial charge >= 0.3 is 0 Å². The Bertz CT molecular complexity index is 1360. The van der Waals surface area contributed by atoms with Crippen LogP contribution in [-0.2, 0) is 10.0 Å². The molecular weight excluding hydrogens is 572 g/mol. The number of carbonyl (C=O) groups excluding carboxylic acids is 1. The van der Waals surface area contributed by atoms with Crippen LogP contribution in [0.4, 0.5) is 5.13 Å². The standard InChI is InChI=1S/C28H36N4O5S2.ClH/c1-7-15-31(16-8-2)39(34,35)22-13-11-21(12-14-22)27(33)32(18-17-30(9-3)10-4)28-29-23-19-24(36-5)25(37-6)20-26(23)38-28;/h7-8,11-14,19-20H,1-2,9-10,15-18H2,3-6H3;1H. The Morgan fingerprint density at radius 3 is 2.08 bits per heavy atom. The minimum absolute atomic E-state index is 0. The fourth-order valence-corrected chi connectivity index (χ4v) is 6.44. The van der Waals surface area contributed by atoms with E-state index in [2.05, 4.69) is 31.9 Å². The van der Waals surface area contributed by atoms with Crippen molar-refractivity contribution in [2.24, 2.45) is 0 Å². The number of hydrogen-bond acceptors (Lipinski definition) is 8. The Morgan fingerprint density at radius 2 is 1.55 bits per heavy atom. The van der Waals surface area contributed by atoms with Gasteiger partial charge in [-0.3, -0.25) is 9.69 Å². The van der Waals surface area contributed by atoms with Crippen LogP contribution >= 0.6 is 23.7 Å². The molecule has 0 unspecified atom stereocenters. The van der Waals surface area contributed by atoms with Crippen LogP contribution in [0.3, 0.4) is 0 Å². The molecule has 0 fully saturated rings. The molecule has 40 heavy (non-hydrogen) atoms. The molecule has 0 aliphatic rings. The van der Waals surface area contributed by atoms with E-state index in [1.807, 2.05) is 6.07 Å². The van der Waals surface area contributed by atoms with Crippen molar-refractivity contribution in [3.8, 4) is 11.5 Å². The first-order valence-electron chi connectivity index (χ1n) is 12.6. The smallest absolute Gasteiger partial charge is 0.260 e. The Morgan fingerprint density at radius 1 is 0.975 bits per heavy atom. The zero-order valence-corrected chi connectivity index (χ0v) is 25.8. The van der Waals surface area contributed by atoms with Gasteiger partial charge in [0, 0.05) is 43.9 Å². The number of rotatable bonds is 15. The molecule has 0 aliphatic carbocycles. The quantitative estimate of drug-likeness (QED) is 0.222. The third-order valence-electron chi connectivity index (χ3n) is 6.30. The molecule has 0 spiro atoms. The minimum atomic E-state index is -3.77. The van der Waals surface area contributed by atoms with Crippen LogP contribution in [0, 0.1) is 0 Å². The number of thiazole rings is 1. The molecule has 218 valence electrons. The molecule has 0 saturated heterocycles. The summed E-state index contributed by atoms with van der Waals surface area (Å²) in [6.45, 7) is 14.5. The lowest BCUT2D eigenvalue weighted by Crippen LogP contribution is -2.39. The van der Waals surface area contributed by atoms with Crippen LogP contribution in [-0.4, -0.2) is 82.0 Å². The van der Waals surface area contributed by atoms with Gasteiger partial charge in [-0.15, -0.1) is 25.6 Å². The molecule has 3 aromatic rings. The van der Waals surface area contributed by atoms with E-state index in [4.69, 9.17) is 14.5 Å². The maximum atomic E-state index is 13.8. The van der Waals surface area contributed by atoms with E-state index in [0.29, 0.717) is 40.8 Å². The Balaban J connectivity index is 0.00000560. The number of carbonyl (C=O) groups is 1. The van der Waals surface area contributed by atoms with Crippen LogP contribution in [0.1, 0.15) is 24.2 Å². The highest BCUT2D eigenvalue weighted by atomic mass is 35.5. The number of likely N-dealkylation sites (N-methyl/N-ethyl adjacent to an activating group) is 1. The Kier molecular flexibility index (Phi) is 12.6. The molecule has 1 aromatic heterocycles. The second-order valence-corrected chi connectivity index (χ2v) is 11.5. The maximum absolute atomic E-state index is 13.8. The van der Waals surface area contributed by atoms with Crippen LogP contribution in [0.15, 0.2) is 66.6 Å². The molecule has 9 nitrogen and oxygen atoms in total.